The molecule has 0 amide bonds. The largest absolute Gasteiger partial charge is 0.432 e. The Labute approximate surface area is 114 Å². The summed E-state index contributed by atoms with van der Waals surface area (Å²) in [4.78, 5) is 6.48. The standard InChI is InChI=1S/C15H21N3O/c1-12(2)16-9-14-11-19-15(17-14)18(3)10-13-7-5-4-6-8-13/h4-8,11-12,16H,9-10H2,1-3H3. The summed E-state index contributed by atoms with van der Waals surface area (Å²) in [6.07, 6.45) is 1.71. The molecule has 0 aliphatic carbocycles. The van der Waals surface area contributed by atoms with Crippen LogP contribution in [0.25, 0.3) is 0 Å². The van der Waals surface area contributed by atoms with Crippen molar-refractivity contribution in [1.82, 2.24) is 10.3 Å². The van der Waals surface area contributed by atoms with Gasteiger partial charge in [-0.2, -0.15) is 4.98 Å². The molecule has 0 fully saturated rings. The molecule has 0 spiro atoms. The fourth-order valence-corrected chi connectivity index (χ4v) is 1.79. The highest BCUT2D eigenvalue weighted by Crippen LogP contribution is 2.14. The molecule has 4 heteroatoms. The highest BCUT2D eigenvalue weighted by atomic mass is 16.4. The summed E-state index contributed by atoms with van der Waals surface area (Å²) in [5, 5.41) is 3.32. The summed E-state index contributed by atoms with van der Waals surface area (Å²) in [7, 11) is 1.98. The van der Waals surface area contributed by atoms with E-state index in [9.17, 15) is 0 Å². The van der Waals surface area contributed by atoms with E-state index in [2.05, 4.69) is 36.3 Å². The summed E-state index contributed by atoms with van der Waals surface area (Å²) < 4.78 is 5.51. The number of nitrogens with zero attached hydrogens (tertiary/aromatic N) is 2. The maximum atomic E-state index is 5.51. The van der Waals surface area contributed by atoms with Crippen molar-refractivity contribution in [2.24, 2.45) is 0 Å². The first-order chi connectivity index (χ1) is 9.15. The van der Waals surface area contributed by atoms with E-state index in [0.29, 0.717) is 12.1 Å². The lowest BCUT2D eigenvalue weighted by atomic mass is 10.2. The number of anilines is 1. The minimum absolute atomic E-state index is 0.446. The van der Waals surface area contributed by atoms with E-state index in [1.54, 1.807) is 6.26 Å². The molecule has 0 bridgehead atoms. The molecule has 0 unspecified atom stereocenters. The van der Waals surface area contributed by atoms with Gasteiger partial charge in [0.2, 0.25) is 0 Å². The lowest BCUT2D eigenvalue weighted by molar-refractivity contribution is 0.540. The van der Waals surface area contributed by atoms with E-state index in [-0.39, 0.29) is 0 Å². The van der Waals surface area contributed by atoms with Gasteiger partial charge in [-0.15, -0.1) is 0 Å². The van der Waals surface area contributed by atoms with Gasteiger partial charge in [-0.1, -0.05) is 44.2 Å². The van der Waals surface area contributed by atoms with Crippen LogP contribution in [-0.4, -0.2) is 18.1 Å². The predicted molar refractivity (Wildman–Crippen MR) is 77.0 cm³/mol. The van der Waals surface area contributed by atoms with E-state index in [4.69, 9.17) is 4.42 Å². The van der Waals surface area contributed by atoms with E-state index in [1.165, 1.54) is 5.56 Å². The van der Waals surface area contributed by atoms with Gasteiger partial charge in [-0.25, -0.2) is 0 Å². The highest BCUT2D eigenvalue weighted by Gasteiger charge is 2.09. The molecule has 0 saturated carbocycles. The van der Waals surface area contributed by atoms with Crippen LogP contribution in [-0.2, 0) is 13.1 Å². The molecule has 2 rings (SSSR count). The first kappa shape index (κ1) is 13.6. The minimum Gasteiger partial charge on any atom is -0.432 e. The Kier molecular flexibility index (Phi) is 4.58. The summed E-state index contributed by atoms with van der Waals surface area (Å²) in [6, 6.07) is 11.4. The molecule has 0 radical (unpaired) electrons. The molecule has 1 aromatic carbocycles. The third-order valence-corrected chi connectivity index (χ3v) is 2.82. The molecule has 4 nitrogen and oxygen atoms in total. The molecule has 0 aliphatic heterocycles. The van der Waals surface area contributed by atoms with Gasteiger partial charge in [0.25, 0.3) is 6.01 Å². The van der Waals surface area contributed by atoms with Crippen LogP contribution in [0.3, 0.4) is 0 Å². The van der Waals surface area contributed by atoms with Crippen molar-refractivity contribution in [3.63, 3.8) is 0 Å². The lowest BCUT2D eigenvalue weighted by Gasteiger charge is -2.14. The molecule has 0 aliphatic rings. The zero-order valence-corrected chi connectivity index (χ0v) is 11.8. The number of hydrogen-bond donors (Lipinski definition) is 1. The van der Waals surface area contributed by atoms with Gasteiger partial charge in [-0.05, 0) is 5.56 Å². The smallest absolute Gasteiger partial charge is 0.297 e. The van der Waals surface area contributed by atoms with Gasteiger partial charge >= 0.3 is 0 Å². The average Bonchev–Trinajstić information content (AvgIpc) is 2.86. The van der Waals surface area contributed by atoms with Gasteiger partial charge in [0, 0.05) is 26.2 Å². The fraction of sp³-hybridized carbons (Fsp3) is 0.400. The Morgan fingerprint density at radius 1 is 1.26 bits per heavy atom. The van der Waals surface area contributed by atoms with Crippen molar-refractivity contribution in [2.75, 3.05) is 11.9 Å². The van der Waals surface area contributed by atoms with Crippen LogP contribution in [0.1, 0.15) is 25.1 Å². The predicted octanol–water partition coefficient (Wildman–Crippen LogP) is 2.81. The Morgan fingerprint density at radius 2 is 2.00 bits per heavy atom. The van der Waals surface area contributed by atoms with Crippen molar-refractivity contribution < 1.29 is 4.42 Å². The second-order valence-electron chi connectivity index (χ2n) is 5.00. The van der Waals surface area contributed by atoms with Gasteiger partial charge in [0.1, 0.15) is 6.26 Å². The van der Waals surface area contributed by atoms with E-state index in [1.807, 2.05) is 30.1 Å². The van der Waals surface area contributed by atoms with Crippen LogP contribution in [0.2, 0.25) is 0 Å². The zero-order chi connectivity index (χ0) is 13.7. The maximum absolute atomic E-state index is 5.51. The van der Waals surface area contributed by atoms with Crippen LogP contribution < -0.4 is 10.2 Å². The van der Waals surface area contributed by atoms with Crippen LogP contribution in [0.15, 0.2) is 41.0 Å². The summed E-state index contributed by atoms with van der Waals surface area (Å²) in [6.45, 7) is 5.75. The van der Waals surface area contributed by atoms with Crippen LogP contribution in [0.4, 0.5) is 6.01 Å². The number of hydrogen-bond acceptors (Lipinski definition) is 4. The second-order valence-corrected chi connectivity index (χ2v) is 5.00. The van der Waals surface area contributed by atoms with Crippen molar-refractivity contribution in [2.45, 2.75) is 33.0 Å². The topological polar surface area (TPSA) is 41.3 Å². The zero-order valence-electron chi connectivity index (χ0n) is 11.8. The van der Waals surface area contributed by atoms with Crippen LogP contribution >= 0.6 is 0 Å². The summed E-state index contributed by atoms with van der Waals surface area (Å²) in [5.41, 5.74) is 2.17. The van der Waals surface area contributed by atoms with Crippen molar-refractivity contribution >= 4 is 6.01 Å². The molecule has 1 N–H and O–H groups in total. The van der Waals surface area contributed by atoms with Crippen molar-refractivity contribution in [3.05, 3.63) is 47.9 Å². The van der Waals surface area contributed by atoms with Crippen molar-refractivity contribution in [1.29, 1.82) is 0 Å². The monoisotopic (exact) mass is 259 g/mol. The SMILES string of the molecule is CC(C)NCc1coc(N(C)Cc2ccccc2)n1. The van der Waals surface area contributed by atoms with Crippen molar-refractivity contribution in [3.8, 4) is 0 Å². The molecule has 1 heterocycles. The Morgan fingerprint density at radius 3 is 2.68 bits per heavy atom. The summed E-state index contributed by atoms with van der Waals surface area (Å²) >= 11 is 0. The Hall–Kier alpha value is -1.81. The molecular formula is C15H21N3O. The Balaban J connectivity index is 1.94. The molecule has 0 atom stereocenters. The summed E-state index contributed by atoms with van der Waals surface area (Å²) in [5.74, 6) is 0. The number of benzene rings is 1. The van der Waals surface area contributed by atoms with E-state index >= 15 is 0 Å². The molecule has 102 valence electrons. The molecule has 19 heavy (non-hydrogen) atoms. The van der Waals surface area contributed by atoms with Gasteiger partial charge in [0.05, 0.1) is 5.69 Å². The molecule has 1 aromatic heterocycles. The Bertz CT molecular complexity index is 493. The quantitative estimate of drug-likeness (QED) is 0.866. The van der Waals surface area contributed by atoms with E-state index in [0.717, 1.165) is 18.8 Å². The highest BCUT2D eigenvalue weighted by molar-refractivity contribution is 5.28. The number of oxazole rings is 1. The normalized spacial score (nSPS) is 10.9. The third kappa shape index (κ3) is 4.10. The average molecular weight is 259 g/mol. The maximum Gasteiger partial charge on any atom is 0.297 e. The fourth-order valence-electron chi connectivity index (χ4n) is 1.79. The molecule has 0 saturated heterocycles. The van der Waals surface area contributed by atoms with Gasteiger partial charge in [0.15, 0.2) is 0 Å². The van der Waals surface area contributed by atoms with E-state index < -0.39 is 0 Å². The second kappa shape index (κ2) is 6.38. The first-order valence-electron chi connectivity index (χ1n) is 6.58. The van der Waals surface area contributed by atoms with Crippen LogP contribution in [0, 0.1) is 0 Å². The number of nitrogens with one attached hydrogen (secondary N) is 1. The lowest BCUT2D eigenvalue weighted by Crippen LogP contribution is -2.22. The van der Waals surface area contributed by atoms with Gasteiger partial charge in [-0.3, -0.25) is 0 Å². The van der Waals surface area contributed by atoms with Crippen LogP contribution in [0.5, 0.6) is 0 Å². The molecular weight excluding hydrogens is 238 g/mol. The molecule has 2 aromatic rings. The number of aromatic nitrogens is 1. The third-order valence-electron chi connectivity index (χ3n) is 2.82. The number of rotatable bonds is 6. The van der Waals surface area contributed by atoms with Gasteiger partial charge < -0.3 is 14.6 Å². The minimum atomic E-state index is 0.446. The first-order valence-corrected chi connectivity index (χ1v) is 6.58.